The molecule has 0 spiro atoms. The molecule has 18 heavy (non-hydrogen) atoms. The van der Waals surface area contributed by atoms with Gasteiger partial charge in [-0.15, -0.1) is 11.8 Å². The van der Waals surface area contributed by atoms with Crippen LogP contribution in [0.15, 0.2) is 29.2 Å². The molecule has 4 heteroatoms. The van der Waals surface area contributed by atoms with Crippen molar-refractivity contribution in [2.45, 2.75) is 29.7 Å². The van der Waals surface area contributed by atoms with E-state index in [-0.39, 0.29) is 17.9 Å². The van der Waals surface area contributed by atoms with Gasteiger partial charge in [-0.1, -0.05) is 18.2 Å². The first-order chi connectivity index (χ1) is 8.75. The smallest absolute Gasteiger partial charge is 0.231 e. The first-order valence-electron chi connectivity index (χ1n) is 6.52. The quantitative estimate of drug-likeness (QED) is 0.840. The Labute approximate surface area is 112 Å². The molecule has 1 saturated heterocycles. The van der Waals surface area contributed by atoms with Gasteiger partial charge in [0.25, 0.3) is 0 Å². The van der Waals surface area contributed by atoms with Gasteiger partial charge in [-0.05, 0) is 24.5 Å². The van der Waals surface area contributed by atoms with Crippen LogP contribution in [0.4, 0.5) is 0 Å². The normalized spacial score (nSPS) is 27.1. The molecule has 0 unspecified atom stereocenters. The summed E-state index contributed by atoms with van der Waals surface area (Å²) in [6.45, 7) is 1.60. The summed E-state index contributed by atoms with van der Waals surface area (Å²) in [7, 11) is 0. The van der Waals surface area contributed by atoms with Crippen molar-refractivity contribution in [1.82, 2.24) is 4.90 Å². The Balaban J connectivity index is 1.78. The monoisotopic (exact) mass is 262 g/mol. The topological polar surface area (TPSA) is 46.3 Å². The molecule has 1 aromatic carbocycles. The second-order valence-corrected chi connectivity index (χ2v) is 6.15. The number of carbonyl (C=O) groups is 1. The van der Waals surface area contributed by atoms with Crippen LogP contribution in [0.3, 0.4) is 0 Å². The van der Waals surface area contributed by atoms with E-state index in [0.717, 1.165) is 31.7 Å². The maximum Gasteiger partial charge on any atom is 0.231 e. The fraction of sp³-hybridized carbons (Fsp3) is 0.500. The SMILES string of the molecule is N[C@@H]1CCCN(C(=O)[C@@H]2CSc3ccccc32)C1. The Morgan fingerprint density at radius 2 is 2.22 bits per heavy atom. The number of piperidine rings is 1. The van der Waals surface area contributed by atoms with E-state index in [1.165, 1.54) is 10.5 Å². The highest BCUT2D eigenvalue weighted by Crippen LogP contribution is 2.40. The van der Waals surface area contributed by atoms with E-state index in [0.29, 0.717) is 0 Å². The molecular weight excluding hydrogens is 244 g/mol. The highest BCUT2D eigenvalue weighted by Gasteiger charge is 2.33. The van der Waals surface area contributed by atoms with E-state index in [9.17, 15) is 4.79 Å². The average molecular weight is 262 g/mol. The molecule has 3 nitrogen and oxygen atoms in total. The first kappa shape index (κ1) is 12.1. The minimum atomic E-state index is 0.0384. The summed E-state index contributed by atoms with van der Waals surface area (Å²) in [5, 5.41) is 0. The summed E-state index contributed by atoms with van der Waals surface area (Å²) in [6, 6.07) is 8.41. The van der Waals surface area contributed by atoms with Gasteiger partial charge < -0.3 is 10.6 Å². The van der Waals surface area contributed by atoms with Gasteiger partial charge in [-0.25, -0.2) is 0 Å². The predicted molar refractivity (Wildman–Crippen MR) is 73.7 cm³/mol. The van der Waals surface area contributed by atoms with E-state index in [1.54, 1.807) is 11.8 Å². The van der Waals surface area contributed by atoms with Crippen molar-refractivity contribution in [3.05, 3.63) is 29.8 Å². The summed E-state index contributed by atoms with van der Waals surface area (Å²) in [5.41, 5.74) is 7.16. The molecule has 2 heterocycles. The van der Waals surface area contributed by atoms with Crippen LogP contribution in [0.25, 0.3) is 0 Å². The van der Waals surface area contributed by atoms with E-state index in [4.69, 9.17) is 5.73 Å². The number of fused-ring (bicyclic) bond motifs is 1. The number of nitrogens with two attached hydrogens (primary N) is 1. The van der Waals surface area contributed by atoms with Crippen LogP contribution in [0.1, 0.15) is 24.3 Å². The minimum Gasteiger partial charge on any atom is -0.341 e. The second-order valence-electron chi connectivity index (χ2n) is 5.09. The Morgan fingerprint density at radius 3 is 3.06 bits per heavy atom. The van der Waals surface area contributed by atoms with Crippen LogP contribution >= 0.6 is 11.8 Å². The van der Waals surface area contributed by atoms with Crippen molar-refractivity contribution in [2.75, 3.05) is 18.8 Å². The largest absolute Gasteiger partial charge is 0.341 e. The Hall–Kier alpha value is -1.00. The zero-order chi connectivity index (χ0) is 12.5. The molecule has 96 valence electrons. The zero-order valence-corrected chi connectivity index (χ0v) is 11.2. The number of hydrogen-bond donors (Lipinski definition) is 1. The van der Waals surface area contributed by atoms with Crippen molar-refractivity contribution >= 4 is 17.7 Å². The summed E-state index contributed by atoms with van der Waals surface area (Å²) in [4.78, 5) is 15.8. The molecule has 2 aliphatic heterocycles. The minimum absolute atomic E-state index is 0.0384. The van der Waals surface area contributed by atoms with Gasteiger partial charge in [-0.3, -0.25) is 4.79 Å². The molecule has 0 radical (unpaired) electrons. The summed E-state index contributed by atoms with van der Waals surface area (Å²) < 4.78 is 0. The van der Waals surface area contributed by atoms with Gasteiger partial charge in [-0.2, -0.15) is 0 Å². The van der Waals surface area contributed by atoms with Crippen molar-refractivity contribution in [2.24, 2.45) is 5.73 Å². The summed E-state index contributed by atoms with van der Waals surface area (Å²) >= 11 is 1.79. The number of carbonyl (C=O) groups excluding carboxylic acids is 1. The molecule has 1 amide bonds. The fourth-order valence-electron chi connectivity index (χ4n) is 2.80. The Bertz CT molecular complexity index is 463. The molecule has 0 saturated carbocycles. The third kappa shape index (κ3) is 2.15. The average Bonchev–Trinajstić information content (AvgIpc) is 2.82. The number of benzene rings is 1. The van der Waals surface area contributed by atoms with Crippen molar-refractivity contribution < 1.29 is 4.79 Å². The van der Waals surface area contributed by atoms with Gasteiger partial charge in [0.1, 0.15) is 0 Å². The molecule has 1 aromatic rings. The van der Waals surface area contributed by atoms with Gasteiger partial charge in [0.2, 0.25) is 5.91 Å². The van der Waals surface area contributed by atoms with Crippen LogP contribution in [0, 0.1) is 0 Å². The number of nitrogens with zero attached hydrogens (tertiary/aromatic N) is 1. The van der Waals surface area contributed by atoms with Gasteiger partial charge in [0, 0.05) is 29.8 Å². The molecule has 1 fully saturated rings. The van der Waals surface area contributed by atoms with Crippen LogP contribution < -0.4 is 5.73 Å². The first-order valence-corrected chi connectivity index (χ1v) is 7.50. The third-order valence-corrected chi connectivity index (χ3v) is 4.95. The predicted octanol–water partition coefficient (Wildman–Crippen LogP) is 1.83. The Kier molecular flexibility index (Phi) is 3.31. The maximum absolute atomic E-state index is 12.6. The summed E-state index contributed by atoms with van der Waals surface area (Å²) in [6.07, 6.45) is 2.08. The molecule has 2 N–H and O–H groups in total. The van der Waals surface area contributed by atoms with Crippen LogP contribution in [-0.4, -0.2) is 35.7 Å². The number of rotatable bonds is 1. The lowest BCUT2D eigenvalue weighted by Crippen LogP contribution is -2.47. The molecular formula is C14H18N2OS. The molecule has 3 rings (SSSR count). The lowest BCUT2D eigenvalue weighted by molar-refractivity contribution is -0.133. The van der Waals surface area contributed by atoms with Crippen molar-refractivity contribution in [3.63, 3.8) is 0 Å². The fourth-order valence-corrected chi connectivity index (χ4v) is 4.02. The van der Waals surface area contributed by atoms with E-state index in [1.807, 2.05) is 17.0 Å². The Morgan fingerprint density at radius 1 is 1.39 bits per heavy atom. The number of amides is 1. The lowest BCUT2D eigenvalue weighted by Gasteiger charge is -2.32. The molecule has 0 aromatic heterocycles. The van der Waals surface area contributed by atoms with Crippen LogP contribution in [-0.2, 0) is 4.79 Å². The third-order valence-electron chi connectivity index (χ3n) is 3.77. The second kappa shape index (κ2) is 4.94. The number of thioether (sulfide) groups is 1. The van der Waals surface area contributed by atoms with E-state index >= 15 is 0 Å². The molecule has 2 atom stereocenters. The van der Waals surface area contributed by atoms with Crippen molar-refractivity contribution in [3.8, 4) is 0 Å². The summed E-state index contributed by atoms with van der Waals surface area (Å²) in [5.74, 6) is 1.18. The van der Waals surface area contributed by atoms with Crippen molar-refractivity contribution in [1.29, 1.82) is 0 Å². The van der Waals surface area contributed by atoms with Gasteiger partial charge >= 0.3 is 0 Å². The standard InChI is InChI=1S/C14H18N2OS/c15-10-4-3-7-16(8-10)14(17)12-9-18-13-6-2-1-5-11(12)13/h1-2,5-6,10,12H,3-4,7-9,15H2/t10-,12-/m1/s1. The molecule has 0 aliphatic carbocycles. The zero-order valence-electron chi connectivity index (χ0n) is 10.3. The number of likely N-dealkylation sites (tertiary alicyclic amines) is 1. The lowest BCUT2D eigenvalue weighted by atomic mass is 9.98. The van der Waals surface area contributed by atoms with E-state index < -0.39 is 0 Å². The molecule has 2 aliphatic rings. The van der Waals surface area contributed by atoms with Gasteiger partial charge in [0.05, 0.1) is 5.92 Å². The number of hydrogen-bond acceptors (Lipinski definition) is 3. The highest BCUT2D eigenvalue weighted by molar-refractivity contribution is 7.99. The van der Waals surface area contributed by atoms with Crippen LogP contribution in [0.5, 0.6) is 0 Å². The highest BCUT2D eigenvalue weighted by atomic mass is 32.2. The van der Waals surface area contributed by atoms with Crippen LogP contribution in [0.2, 0.25) is 0 Å². The van der Waals surface area contributed by atoms with E-state index in [2.05, 4.69) is 12.1 Å². The molecule has 0 bridgehead atoms. The van der Waals surface area contributed by atoms with Gasteiger partial charge in [0.15, 0.2) is 0 Å². The maximum atomic E-state index is 12.6.